The third-order valence-corrected chi connectivity index (χ3v) is 19.3. The smallest absolute Gasteiger partial charge is 0.165 e. The van der Waals surface area contributed by atoms with Crippen molar-refractivity contribution in [1.82, 2.24) is 33.2 Å². The molecule has 6 heterocycles. The van der Waals surface area contributed by atoms with E-state index in [1.165, 1.54) is 33.4 Å². The molecule has 0 spiro atoms. The van der Waals surface area contributed by atoms with E-state index in [0.29, 0.717) is 11.6 Å². The van der Waals surface area contributed by atoms with Crippen LogP contribution in [0.3, 0.4) is 0 Å². The highest BCUT2D eigenvalue weighted by Gasteiger charge is 2.35. The van der Waals surface area contributed by atoms with Crippen LogP contribution in [0.15, 0.2) is 273 Å². The minimum Gasteiger partial charge on any atom is -0.305 e. The van der Waals surface area contributed by atoms with Crippen molar-refractivity contribution in [3.63, 3.8) is 0 Å². The van der Waals surface area contributed by atoms with Crippen molar-refractivity contribution in [2.24, 2.45) is 0 Å². The van der Waals surface area contributed by atoms with E-state index in [-0.39, 0.29) is 0 Å². The first-order chi connectivity index (χ1) is 46.1. The Kier molecular flexibility index (Phi) is 12.5. The number of hydrogen-bond acceptors (Lipinski definition) is 3. The second-order valence-electron chi connectivity index (χ2n) is 25.7. The Balaban J connectivity index is 1.15. The van der Waals surface area contributed by atoms with Gasteiger partial charge in [0.25, 0.3) is 0 Å². The average Bonchev–Trinajstić information content (AvgIpc) is 1.47. The molecule has 0 fully saturated rings. The molecule has 6 aromatic heterocycles. The number of nitrogens with zero attached hydrogens (tertiary/aromatic N) is 7. The standard InChI is InChI=1S/C87H63N7/c1-52-27-35-74-64(43-52)65-44-53(2)28-36-75(65)91(74)83-82(85-88-72(60-23-15-9-16-24-60)51-73(89-85)61-25-17-10-18-26-61)84(92-76-37-29-54(3)45-66(76)67-46-55(4)30-38-77(67)92)87(90-86(83)93-78-39-31-56(5)47-68(78)69-48-57(6)32-40-79(69)93)94-80-41-33-62(58-19-11-7-12-20-58)49-70(80)71-50-63(34-42-81(71)94)59-21-13-8-14-22-59/h7-51H,1-6H3. The van der Waals surface area contributed by atoms with Crippen LogP contribution in [0, 0.1) is 41.5 Å². The highest BCUT2D eigenvalue weighted by atomic mass is 15.2. The summed E-state index contributed by atoms with van der Waals surface area (Å²) < 4.78 is 9.91. The van der Waals surface area contributed by atoms with E-state index in [1.807, 2.05) is 0 Å². The quantitative estimate of drug-likeness (QED) is 0.145. The van der Waals surface area contributed by atoms with Gasteiger partial charge in [-0.3, -0.25) is 9.13 Å². The first kappa shape index (κ1) is 55.0. The topological polar surface area (TPSA) is 58.4 Å². The van der Waals surface area contributed by atoms with Crippen LogP contribution < -0.4 is 0 Å². The summed E-state index contributed by atoms with van der Waals surface area (Å²) in [4.78, 5) is 18.7. The summed E-state index contributed by atoms with van der Waals surface area (Å²) >= 11 is 0. The molecule has 0 N–H and O–H groups in total. The molecule has 0 aliphatic carbocycles. The maximum absolute atomic E-state index is 6.65. The second kappa shape index (κ2) is 21.3. The Morgan fingerprint density at radius 3 is 0.766 bits per heavy atom. The lowest BCUT2D eigenvalue weighted by Gasteiger charge is -2.26. The molecule has 0 aliphatic rings. The zero-order valence-electron chi connectivity index (χ0n) is 53.1. The highest BCUT2D eigenvalue weighted by molar-refractivity contribution is 6.17. The first-order valence-corrected chi connectivity index (χ1v) is 32.4. The zero-order valence-corrected chi connectivity index (χ0v) is 53.1. The van der Waals surface area contributed by atoms with Crippen LogP contribution in [0.5, 0.6) is 0 Å². The molecule has 0 radical (unpaired) electrons. The van der Waals surface area contributed by atoms with E-state index in [2.05, 4.69) is 333 Å². The molecule has 0 aliphatic heterocycles. The summed E-state index contributed by atoms with van der Waals surface area (Å²) in [6, 6.07) is 100. The Hall–Kier alpha value is -11.9. The van der Waals surface area contributed by atoms with Gasteiger partial charge < -0.3 is 9.13 Å². The van der Waals surface area contributed by atoms with Crippen molar-refractivity contribution in [2.45, 2.75) is 41.5 Å². The monoisotopic (exact) mass is 1210 g/mol. The Bertz CT molecular complexity index is 5810. The van der Waals surface area contributed by atoms with Gasteiger partial charge >= 0.3 is 0 Å². The number of benzene rings is 12. The molecular weight excluding hydrogens is 1140 g/mol. The van der Waals surface area contributed by atoms with Gasteiger partial charge in [-0.05, 0) is 167 Å². The van der Waals surface area contributed by atoms with Crippen LogP contribution in [0.1, 0.15) is 33.4 Å². The third-order valence-electron chi connectivity index (χ3n) is 19.3. The lowest BCUT2D eigenvalue weighted by molar-refractivity contribution is 0.955. The van der Waals surface area contributed by atoms with Crippen LogP contribution in [-0.2, 0) is 0 Å². The molecular formula is C87H63N7. The van der Waals surface area contributed by atoms with E-state index >= 15 is 0 Å². The molecule has 0 unspecified atom stereocenters. The van der Waals surface area contributed by atoms with E-state index in [0.717, 1.165) is 155 Å². The molecule has 0 atom stereocenters. The minimum absolute atomic E-state index is 0.546. The number of aryl methyl sites for hydroxylation is 6. The van der Waals surface area contributed by atoms with Crippen LogP contribution >= 0.6 is 0 Å². The number of aromatic nitrogens is 7. The molecule has 12 aromatic carbocycles. The van der Waals surface area contributed by atoms with Crippen molar-refractivity contribution < 1.29 is 0 Å². The van der Waals surface area contributed by atoms with Gasteiger partial charge in [0, 0.05) is 54.2 Å². The highest BCUT2D eigenvalue weighted by Crippen LogP contribution is 2.50. The zero-order chi connectivity index (χ0) is 63.0. The Morgan fingerprint density at radius 1 is 0.213 bits per heavy atom. The van der Waals surface area contributed by atoms with Crippen LogP contribution in [0.2, 0.25) is 0 Å². The molecule has 94 heavy (non-hydrogen) atoms. The Labute approximate surface area is 544 Å². The molecule has 0 bridgehead atoms. The summed E-state index contributed by atoms with van der Waals surface area (Å²) in [6.07, 6.45) is 0. The summed E-state index contributed by atoms with van der Waals surface area (Å²) in [5, 5.41) is 9.07. The van der Waals surface area contributed by atoms with E-state index < -0.39 is 0 Å². The molecule has 0 saturated heterocycles. The average molecular weight is 1210 g/mol. The minimum atomic E-state index is 0.546. The fourth-order valence-corrected chi connectivity index (χ4v) is 14.9. The van der Waals surface area contributed by atoms with Crippen molar-refractivity contribution in [3.05, 3.63) is 306 Å². The van der Waals surface area contributed by atoms with Crippen LogP contribution in [0.25, 0.3) is 166 Å². The van der Waals surface area contributed by atoms with Gasteiger partial charge in [0.15, 0.2) is 17.5 Å². The number of fused-ring (bicyclic) bond motifs is 12. The van der Waals surface area contributed by atoms with Crippen molar-refractivity contribution in [3.8, 4) is 79.2 Å². The van der Waals surface area contributed by atoms with E-state index in [4.69, 9.17) is 15.0 Å². The van der Waals surface area contributed by atoms with Gasteiger partial charge in [-0.15, -0.1) is 0 Å². The fraction of sp³-hybridized carbons (Fsp3) is 0.0690. The lowest BCUT2D eigenvalue weighted by Crippen LogP contribution is -2.17. The third kappa shape index (κ3) is 8.69. The van der Waals surface area contributed by atoms with Gasteiger partial charge in [-0.1, -0.05) is 203 Å². The number of hydrogen-bond donors (Lipinski definition) is 0. The van der Waals surface area contributed by atoms with Crippen molar-refractivity contribution in [1.29, 1.82) is 0 Å². The molecule has 0 amide bonds. The van der Waals surface area contributed by atoms with Gasteiger partial charge in [-0.2, -0.15) is 0 Å². The number of rotatable bonds is 9. The SMILES string of the molecule is Cc1ccc2c(c1)c1cc(C)ccc1n2-c1nc(-n2c3ccc(-c4ccccc4)cc3c3cc(-c4ccccc4)ccc32)c(-n2c3ccc(C)cc3c3cc(C)ccc32)c(-c2nc(-c3ccccc3)cc(-c3ccccc3)n2)c1-n1c2ccc(C)cc2c2cc(C)ccc21. The van der Waals surface area contributed by atoms with Crippen LogP contribution in [0.4, 0.5) is 0 Å². The maximum atomic E-state index is 6.65. The summed E-state index contributed by atoms with van der Waals surface area (Å²) in [7, 11) is 0. The van der Waals surface area contributed by atoms with Gasteiger partial charge in [0.05, 0.1) is 61.1 Å². The second-order valence-corrected chi connectivity index (χ2v) is 25.7. The molecule has 7 nitrogen and oxygen atoms in total. The van der Waals surface area contributed by atoms with Gasteiger partial charge in [0.1, 0.15) is 11.4 Å². The van der Waals surface area contributed by atoms with Gasteiger partial charge in [-0.25, -0.2) is 15.0 Å². The molecule has 18 rings (SSSR count). The number of pyridine rings is 1. The maximum Gasteiger partial charge on any atom is 0.165 e. The van der Waals surface area contributed by atoms with Gasteiger partial charge in [0.2, 0.25) is 0 Å². The van der Waals surface area contributed by atoms with Crippen LogP contribution in [-0.4, -0.2) is 33.2 Å². The predicted octanol–water partition coefficient (Wildman–Crippen LogP) is 22.4. The largest absolute Gasteiger partial charge is 0.305 e. The summed E-state index contributed by atoms with van der Waals surface area (Å²) in [5.41, 5.74) is 25.8. The predicted molar refractivity (Wildman–Crippen MR) is 393 cm³/mol. The normalized spacial score (nSPS) is 11.9. The first-order valence-electron chi connectivity index (χ1n) is 32.4. The lowest BCUT2D eigenvalue weighted by atomic mass is 10.0. The summed E-state index contributed by atoms with van der Waals surface area (Å²) in [5.74, 6) is 1.98. The van der Waals surface area contributed by atoms with Crippen molar-refractivity contribution >= 4 is 87.2 Å². The van der Waals surface area contributed by atoms with Crippen molar-refractivity contribution in [2.75, 3.05) is 0 Å². The molecule has 18 aromatic rings. The van der Waals surface area contributed by atoms with E-state index in [9.17, 15) is 0 Å². The molecule has 7 heteroatoms. The fourth-order valence-electron chi connectivity index (χ4n) is 14.9. The van der Waals surface area contributed by atoms with E-state index in [1.54, 1.807) is 0 Å². The molecule has 0 saturated carbocycles. The summed E-state index contributed by atoms with van der Waals surface area (Å²) in [6.45, 7) is 13.2. The molecule has 446 valence electrons. The Morgan fingerprint density at radius 2 is 0.468 bits per heavy atom.